The summed E-state index contributed by atoms with van der Waals surface area (Å²) in [5.41, 5.74) is 8.30. The maximum Gasteiger partial charge on any atom is 0.316 e. The smallest absolute Gasteiger partial charge is 0.316 e. The van der Waals surface area contributed by atoms with Crippen molar-refractivity contribution in [2.24, 2.45) is 5.73 Å². The van der Waals surface area contributed by atoms with Crippen LogP contribution in [0.15, 0.2) is 30.5 Å². The van der Waals surface area contributed by atoms with Gasteiger partial charge < -0.3 is 16.4 Å². The summed E-state index contributed by atoms with van der Waals surface area (Å²) in [5, 5.41) is 10.1. The van der Waals surface area contributed by atoms with Gasteiger partial charge in [0.2, 0.25) is 0 Å². The number of hydrogen-bond donors (Lipinski definition) is 3. The lowest BCUT2D eigenvalue weighted by atomic mass is 9.92. The van der Waals surface area contributed by atoms with E-state index in [2.05, 4.69) is 41.2 Å². The fraction of sp³-hybridized carbons (Fsp3) is 0.421. The molecule has 0 radical (unpaired) electrons. The number of nitrogens with zero attached hydrogens (tertiary/aromatic N) is 2. The van der Waals surface area contributed by atoms with Crippen molar-refractivity contribution in [3.05, 3.63) is 47.3 Å². The Kier molecular flexibility index (Phi) is 4.71. The molecule has 138 valence electrons. The van der Waals surface area contributed by atoms with Crippen LogP contribution in [0.1, 0.15) is 61.3 Å². The molecule has 4 N–H and O–H groups in total. The molecule has 1 heterocycles. The summed E-state index contributed by atoms with van der Waals surface area (Å²) >= 11 is 0. The molecule has 0 fully saturated rings. The highest BCUT2D eigenvalue weighted by Crippen LogP contribution is 2.32. The number of aromatic nitrogens is 2. The normalized spacial score (nSPS) is 16.7. The van der Waals surface area contributed by atoms with Crippen molar-refractivity contribution in [2.75, 3.05) is 5.32 Å². The number of nitrogens with two attached hydrogens (primary N) is 1. The molecule has 3 amide bonds. The molecule has 1 aliphatic carbocycles. The van der Waals surface area contributed by atoms with Gasteiger partial charge in [0.15, 0.2) is 0 Å². The monoisotopic (exact) mass is 355 g/mol. The maximum atomic E-state index is 12.7. The van der Waals surface area contributed by atoms with Gasteiger partial charge in [-0.3, -0.25) is 9.48 Å². The number of urea groups is 1. The largest absolute Gasteiger partial charge is 0.351 e. The summed E-state index contributed by atoms with van der Waals surface area (Å²) < 4.78 is 2.05. The van der Waals surface area contributed by atoms with E-state index >= 15 is 0 Å². The van der Waals surface area contributed by atoms with Crippen molar-refractivity contribution in [3.63, 3.8) is 0 Å². The van der Waals surface area contributed by atoms with E-state index in [4.69, 9.17) is 5.73 Å². The molecule has 1 aromatic carbocycles. The van der Waals surface area contributed by atoms with Crippen LogP contribution >= 0.6 is 0 Å². The number of anilines is 1. The first-order chi connectivity index (χ1) is 12.3. The van der Waals surface area contributed by atoms with Crippen molar-refractivity contribution in [2.45, 2.75) is 51.6 Å². The van der Waals surface area contributed by atoms with E-state index in [1.54, 1.807) is 24.3 Å². The summed E-state index contributed by atoms with van der Waals surface area (Å²) in [6.45, 7) is 6.37. The zero-order chi connectivity index (χ0) is 18.9. The number of carbonyl (C=O) groups is 2. The van der Waals surface area contributed by atoms with Crippen LogP contribution in [0.5, 0.6) is 0 Å². The number of rotatable bonds is 3. The average molecular weight is 355 g/mol. The summed E-state index contributed by atoms with van der Waals surface area (Å²) in [6.07, 6.45) is 4.73. The number of hydrogen-bond acceptors (Lipinski definition) is 3. The van der Waals surface area contributed by atoms with Gasteiger partial charge in [0.1, 0.15) is 0 Å². The Bertz CT molecular complexity index is 835. The molecular formula is C19H25N5O2. The molecule has 1 aliphatic rings. The minimum Gasteiger partial charge on any atom is -0.351 e. The molecule has 0 spiro atoms. The lowest BCUT2D eigenvalue weighted by Crippen LogP contribution is -2.32. The van der Waals surface area contributed by atoms with Crippen molar-refractivity contribution in [1.82, 2.24) is 15.1 Å². The number of nitrogens with one attached hydrogen (secondary N) is 2. The van der Waals surface area contributed by atoms with Crippen LogP contribution in [-0.2, 0) is 12.0 Å². The second-order valence-electron chi connectivity index (χ2n) is 7.62. The first kappa shape index (κ1) is 18.0. The van der Waals surface area contributed by atoms with Gasteiger partial charge in [-0.05, 0) is 58.2 Å². The van der Waals surface area contributed by atoms with Gasteiger partial charge in [-0.15, -0.1) is 0 Å². The standard InChI is InChI=1S/C19H25N5O2/c1-19(2,3)24-16-9-5-8-15(14(16)11-21-24)23-17(25)12-6-4-7-13(10-12)22-18(20)26/h4,6-7,10-11,15H,5,8-9H2,1-3H3,(H,23,25)(H3,20,22,26). The lowest BCUT2D eigenvalue weighted by molar-refractivity contribution is 0.0932. The van der Waals surface area contributed by atoms with Gasteiger partial charge >= 0.3 is 6.03 Å². The van der Waals surface area contributed by atoms with Gasteiger partial charge in [-0.1, -0.05) is 6.07 Å². The summed E-state index contributed by atoms with van der Waals surface area (Å²) in [6, 6.07) is 6.01. The molecule has 1 unspecified atom stereocenters. The number of amides is 3. The van der Waals surface area contributed by atoms with E-state index in [1.807, 2.05) is 6.20 Å². The van der Waals surface area contributed by atoms with Crippen molar-refractivity contribution in [1.29, 1.82) is 0 Å². The Morgan fingerprint density at radius 3 is 2.77 bits per heavy atom. The van der Waals surface area contributed by atoms with E-state index in [0.29, 0.717) is 11.3 Å². The molecule has 0 bridgehead atoms. The molecule has 7 nitrogen and oxygen atoms in total. The zero-order valence-corrected chi connectivity index (χ0v) is 15.4. The molecule has 26 heavy (non-hydrogen) atoms. The third-order valence-electron chi connectivity index (χ3n) is 4.52. The van der Waals surface area contributed by atoms with E-state index in [-0.39, 0.29) is 17.5 Å². The molecule has 0 saturated carbocycles. The quantitative estimate of drug-likeness (QED) is 0.789. The highest BCUT2D eigenvalue weighted by Gasteiger charge is 2.29. The molecule has 7 heteroatoms. The van der Waals surface area contributed by atoms with E-state index < -0.39 is 6.03 Å². The fourth-order valence-electron chi connectivity index (χ4n) is 3.41. The van der Waals surface area contributed by atoms with Gasteiger partial charge in [-0.25, -0.2) is 4.79 Å². The van der Waals surface area contributed by atoms with Gasteiger partial charge in [0.25, 0.3) is 5.91 Å². The zero-order valence-electron chi connectivity index (χ0n) is 15.4. The minimum absolute atomic E-state index is 0.0601. The first-order valence-electron chi connectivity index (χ1n) is 8.80. The third-order valence-corrected chi connectivity index (χ3v) is 4.52. The van der Waals surface area contributed by atoms with Gasteiger partial charge in [-0.2, -0.15) is 5.10 Å². The highest BCUT2D eigenvalue weighted by molar-refractivity contribution is 5.96. The van der Waals surface area contributed by atoms with Crippen LogP contribution in [-0.4, -0.2) is 21.7 Å². The summed E-state index contributed by atoms with van der Waals surface area (Å²) in [5.74, 6) is -0.181. The van der Waals surface area contributed by atoms with Crippen LogP contribution in [0, 0.1) is 0 Å². The van der Waals surface area contributed by atoms with Crippen molar-refractivity contribution in [3.8, 4) is 0 Å². The van der Waals surface area contributed by atoms with Crippen LogP contribution in [0.4, 0.5) is 10.5 Å². The summed E-state index contributed by atoms with van der Waals surface area (Å²) in [7, 11) is 0. The predicted octanol–water partition coefficient (Wildman–Crippen LogP) is 2.94. The van der Waals surface area contributed by atoms with Crippen molar-refractivity contribution < 1.29 is 9.59 Å². The molecule has 0 aliphatic heterocycles. The minimum atomic E-state index is -0.658. The van der Waals surface area contributed by atoms with Crippen LogP contribution in [0.25, 0.3) is 0 Å². The second kappa shape index (κ2) is 6.82. The third kappa shape index (κ3) is 3.71. The highest BCUT2D eigenvalue weighted by atomic mass is 16.2. The fourth-order valence-corrected chi connectivity index (χ4v) is 3.41. The van der Waals surface area contributed by atoms with E-state index in [1.165, 1.54) is 5.69 Å². The Hall–Kier alpha value is -2.83. The van der Waals surface area contributed by atoms with Gasteiger partial charge in [0, 0.05) is 22.5 Å². The Morgan fingerprint density at radius 2 is 2.08 bits per heavy atom. The molecule has 0 saturated heterocycles. The topological polar surface area (TPSA) is 102 Å². The van der Waals surface area contributed by atoms with Crippen LogP contribution < -0.4 is 16.4 Å². The SMILES string of the molecule is CC(C)(C)n1ncc2c1CCCC2NC(=O)c1cccc(NC(N)=O)c1. The van der Waals surface area contributed by atoms with Crippen LogP contribution in [0.3, 0.4) is 0 Å². The van der Waals surface area contributed by atoms with Crippen LogP contribution in [0.2, 0.25) is 0 Å². The maximum absolute atomic E-state index is 12.7. The van der Waals surface area contributed by atoms with Gasteiger partial charge in [0.05, 0.1) is 17.8 Å². The van der Waals surface area contributed by atoms with E-state index in [0.717, 1.165) is 24.8 Å². The number of carbonyl (C=O) groups excluding carboxylic acids is 2. The molecule has 1 atom stereocenters. The molecule has 1 aromatic heterocycles. The Labute approximate surface area is 153 Å². The average Bonchev–Trinajstić information content (AvgIpc) is 3.00. The number of primary amides is 1. The molecule has 3 rings (SSSR count). The first-order valence-corrected chi connectivity index (χ1v) is 8.80. The number of fused-ring (bicyclic) bond motifs is 1. The van der Waals surface area contributed by atoms with E-state index in [9.17, 15) is 9.59 Å². The Morgan fingerprint density at radius 1 is 1.31 bits per heavy atom. The predicted molar refractivity (Wildman–Crippen MR) is 100 cm³/mol. The molecule has 2 aromatic rings. The number of benzene rings is 1. The summed E-state index contributed by atoms with van der Waals surface area (Å²) in [4.78, 5) is 23.7. The lowest BCUT2D eigenvalue weighted by Gasteiger charge is -2.28. The Balaban J connectivity index is 1.80. The molecular weight excluding hydrogens is 330 g/mol. The second-order valence-corrected chi connectivity index (χ2v) is 7.62. The van der Waals surface area contributed by atoms with Crippen molar-refractivity contribution >= 4 is 17.6 Å².